The van der Waals surface area contributed by atoms with Gasteiger partial charge in [0.1, 0.15) is 11.1 Å². The number of ketones is 1. The summed E-state index contributed by atoms with van der Waals surface area (Å²) in [4.78, 5) is 16.5. The summed E-state index contributed by atoms with van der Waals surface area (Å²) >= 11 is 7.79. The SMILES string of the molecule is O=C1/C(=C\c2ccc(N(c3ccc(Cl)cc3)c3cccc4ccccc34)s2)C(O)c2cc3ccccc3cc21. The van der Waals surface area contributed by atoms with Gasteiger partial charge in [0, 0.05) is 32.1 Å². The number of aliphatic hydroxyl groups excluding tert-OH is 1. The minimum Gasteiger partial charge on any atom is -0.383 e. The Labute approximate surface area is 234 Å². The standard InChI is InChI=1S/C34H22ClNO2S/c35-24-12-14-25(15-13-24)36(31-11-5-9-21-6-3-4-10-27(21)31)32-17-16-26(39-32)20-30-33(37)28-18-22-7-1-2-8-23(22)19-29(28)34(30)38/h1-20,33,37H/b30-20-. The fourth-order valence-electron chi connectivity index (χ4n) is 5.34. The molecule has 0 fully saturated rings. The summed E-state index contributed by atoms with van der Waals surface area (Å²) in [7, 11) is 0. The topological polar surface area (TPSA) is 40.5 Å². The normalized spacial score (nSPS) is 15.8. The molecule has 0 amide bonds. The molecule has 7 rings (SSSR count). The molecule has 0 radical (unpaired) electrons. The van der Waals surface area contributed by atoms with Gasteiger partial charge in [-0.15, -0.1) is 11.3 Å². The van der Waals surface area contributed by atoms with E-state index in [0.717, 1.165) is 42.8 Å². The Hall–Kier alpha value is -4.22. The highest BCUT2D eigenvalue weighted by Crippen LogP contribution is 2.44. The first-order chi connectivity index (χ1) is 19.1. The van der Waals surface area contributed by atoms with E-state index >= 15 is 0 Å². The third kappa shape index (κ3) is 4.14. The number of anilines is 3. The second-order valence-corrected chi connectivity index (χ2v) is 11.1. The lowest BCUT2D eigenvalue weighted by Gasteiger charge is -2.25. The van der Waals surface area contributed by atoms with Crippen LogP contribution in [0.2, 0.25) is 5.02 Å². The maximum atomic E-state index is 13.4. The van der Waals surface area contributed by atoms with E-state index in [4.69, 9.17) is 11.6 Å². The van der Waals surface area contributed by atoms with Crippen molar-refractivity contribution in [3.63, 3.8) is 0 Å². The van der Waals surface area contributed by atoms with Crippen LogP contribution in [0.3, 0.4) is 0 Å². The number of Topliss-reactive ketones (excluding diaryl/α,β-unsaturated/α-hetero) is 1. The third-order valence-electron chi connectivity index (χ3n) is 7.24. The lowest BCUT2D eigenvalue weighted by Crippen LogP contribution is -2.08. The highest BCUT2D eigenvalue weighted by molar-refractivity contribution is 7.17. The lowest BCUT2D eigenvalue weighted by atomic mass is 10.0. The van der Waals surface area contributed by atoms with Crippen molar-refractivity contribution in [3.8, 4) is 0 Å². The molecule has 1 aromatic heterocycles. The molecule has 1 N–H and O–H groups in total. The molecular weight excluding hydrogens is 522 g/mol. The molecule has 6 aromatic rings. The van der Waals surface area contributed by atoms with Crippen LogP contribution in [0.4, 0.5) is 16.4 Å². The van der Waals surface area contributed by atoms with Crippen molar-refractivity contribution < 1.29 is 9.90 Å². The molecule has 1 unspecified atom stereocenters. The van der Waals surface area contributed by atoms with Gasteiger partial charge in [-0.05, 0) is 82.4 Å². The maximum absolute atomic E-state index is 13.4. The molecule has 188 valence electrons. The number of hydrogen-bond acceptors (Lipinski definition) is 4. The minimum absolute atomic E-state index is 0.123. The van der Waals surface area contributed by atoms with Gasteiger partial charge in [0.25, 0.3) is 0 Å². The Morgan fingerprint density at radius 1 is 0.769 bits per heavy atom. The Morgan fingerprint density at radius 3 is 2.26 bits per heavy atom. The molecule has 5 heteroatoms. The monoisotopic (exact) mass is 543 g/mol. The van der Waals surface area contributed by atoms with Crippen LogP contribution in [0.15, 0.2) is 121 Å². The van der Waals surface area contributed by atoms with Gasteiger partial charge in [-0.3, -0.25) is 4.79 Å². The lowest BCUT2D eigenvalue weighted by molar-refractivity contribution is 0.102. The number of fused-ring (bicyclic) bond motifs is 3. The second kappa shape index (κ2) is 9.51. The highest BCUT2D eigenvalue weighted by atomic mass is 35.5. The van der Waals surface area contributed by atoms with Gasteiger partial charge in [-0.25, -0.2) is 0 Å². The number of thiophene rings is 1. The maximum Gasteiger partial charge on any atom is 0.192 e. The largest absolute Gasteiger partial charge is 0.383 e. The Morgan fingerprint density at radius 2 is 1.46 bits per heavy atom. The molecular formula is C34H22ClNO2S. The van der Waals surface area contributed by atoms with E-state index in [-0.39, 0.29) is 5.78 Å². The van der Waals surface area contributed by atoms with E-state index < -0.39 is 6.10 Å². The van der Waals surface area contributed by atoms with Crippen molar-refractivity contribution in [1.82, 2.24) is 0 Å². The number of aliphatic hydroxyl groups is 1. The fraction of sp³-hybridized carbons (Fsp3) is 0.0294. The number of rotatable bonds is 4. The molecule has 0 bridgehead atoms. The molecule has 1 heterocycles. The summed E-state index contributed by atoms with van der Waals surface area (Å²) in [5.74, 6) is -0.123. The zero-order valence-corrected chi connectivity index (χ0v) is 22.3. The van der Waals surface area contributed by atoms with Gasteiger partial charge in [-0.1, -0.05) is 72.3 Å². The fourth-order valence-corrected chi connectivity index (χ4v) is 6.46. The highest BCUT2D eigenvalue weighted by Gasteiger charge is 2.33. The zero-order valence-electron chi connectivity index (χ0n) is 20.7. The number of carbonyl (C=O) groups is 1. The molecule has 0 saturated carbocycles. The van der Waals surface area contributed by atoms with E-state index in [1.807, 2.05) is 84.9 Å². The summed E-state index contributed by atoms with van der Waals surface area (Å²) in [6.07, 6.45) is 0.878. The first-order valence-electron chi connectivity index (χ1n) is 12.7. The number of hydrogen-bond donors (Lipinski definition) is 1. The van der Waals surface area contributed by atoms with Crippen molar-refractivity contribution >= 4 is 72.7 Å². The molecule has 1 atom stereocenters. The summed E-state index contributed by atoms with van der Waals surface area (Å²) in [5.41, 5.74) is 3.67. The van der Waals surface area contributed by atoms with Crippen molar-refractivity contribution in [2.24, 2.45) is 0 Å². The van der Waals surface area contributed by atoms with Crippen LogP contribution in [0.5, 0.6) is 0 Å². The minimum atomic E-state index is -0.951. The molecule has 0 saturated heterocycles. The summed E-state index contributed by atoms with van der Waals surface area (Å²) in [6, 6.07) is 38.2. The van der Waals surface area contributed by atoms with Crippen molar-refractivity contribution in [2.45, 2.75) is 6.10 Å². The Balaban J connectivity index is 1.31. The molecule has 1 aliphatic carbocycles. The second-order valence-electron chi connectivity index (χ2n) is 9.60. The zero-order chi connectivity index (χ0) is 26.5. The van der Waals surface area contributed by atoms with Crippen LogP contribution in [-0.4, -0.2) is 10.9 Å². The predicted molar refractivity (Wildman–Crippen MR) is 163 cm³/mol. The van der Waals surface area contributed by atoms with Crippen molar-refractivity contribution in [2.75, 3.05) is 4.90 Å². The molecule has 5 aromatic carbocycles. The van der Waals surface area contributed by atoms with Crippen LogP contribution in [0, 0.1) is 0 Å². The van der Waals surface area contributed by atoms with Crippen LogP contribution < -0.4 is 4.90 Å². The molecule has 39 heavy (non-hydrogen) atoms. The van der Waals surface area contributed by atoms with Gasteiger partial charge >= 0.3 is 0 Å². The van der Waals surface area contributed by atoms with Crippen molar-refractivity contribution in [1.29, 1.82) is 0 Å². The van der Waals surface area contributed by atoms with Gasteiger partial charge in [0.2, 0.25) is 0 Å². The summed E-state index contributed by atoms with van der Waals surface area (Å²) in [5, 5.41) is 17.1. The van der Waals surface area contributed by atoms with Gasteiger partial charge in [0.05, 0.1) is 5.69 Å². The Bertz CT molecular complexity index is 1920. The first kappa shape index (κ1) is 23.9. The molecule has 0 spiro atoms. The molecule has 3 nitrogen and oxygen atoms in total. The van der Waals surface area contributed by atoms with E-state index in [1.54, 1.807) is 11.3 Å². The Kier molecular flexibility index (Phi) is 5.82. The average Bonchev–Trinajstić information content (AvgIpc) is 3.52. The van der Waals surface area contributed by atoms with E-state index in [2.05, 4.69) is 41.3 Å². The summed E-state index contributed by atoms with van der Waals surface area (Å²) in [6.45, 7) is 0. The van der Waals surface area contributed by atoms with Crippen LogP contribution in [0.25, 0.3) is 27.6 Å². The van der Waals surface area contributed by atoms with Gasteiger partial charge < -0.3 is 10.0 Å². The number of benzene rings is 5. The first-order valence-corrected chi connectivity index (χ1v) is 13.9. The number of carbonyl (C=O) groups excluding carboxylic acids is 1. The van der Waals surface area contributed by atoms with Crippen LogP contribution in [0.1, 0.15) is 26.9 Å². The molecule has 0 aliphatic heterocycles. The van der Waals surface area contributed by atoms with Crippen LogP contribution in [-0.2, 0) is 0 Å². The predicted octanol–water partition coefficient (Wildman–Crippen LogP) is 9.49. The van der Waals surface area contributed by atoms with Gasteiger partial charge in [0.15, 0.2) is 5.78 Å². The average molecular weight is 544 g/mol. The number of nitrogens with zero attached hydrogens (tertiary/aromatic N) is 1. The molecule has 1 aliphatic rings. The third-order valence-corrected chi connectivity index (χ3v) is 8.51. The van der Waals surface area contributed by atoms with E-state index in [0.29, 0.717) is 21.7 Å². The van der Waals surface area contributed by atoms with Crippen molar-refractivity contribution in [3.05, 3.63) is 142 Å². The van der Waals surface area contributed by atoms with Crippen LogP contribution >= 0.6 is 22.9 Å². The van der Waals surface area contributed by atoms with E-state index in [9.17, 15) is 9.90 Å². The van der Waals surface area contributed by atoms with E-state index in [1.165, 1.54) is 0 Å². The number of halogens is 1. The smallest absolute Gasteiger partial charge is 0.192 e. The quantitative estimate of drug-likeness (QED) is 0.225. The summed E-state index contributed by atoms with van der Waals surface area (Å²) < 4.78 is 0. The van der Waals surface area contributed by atoms with Gasteiger partial charge in [-0.2, -0.15) is 0 Å².